The third kappa shape index (κ3) is 1.78. The van der Waals surface area contributed by atoms with E-state index < -0.39 is 0 Å². The third-order valence-corrected chi connectivity index (χ3v) is 7.69. The predicted molar refractivity (Wildman–Crippen MR) is 82.2 cm³/mol. The van der Waals surface area contributed by atoms with Crippen LogP contribution < -0.4 is 0 Å². The van der Waals surface area contributed by atoms with Crippen molar-refractivity contribution in [2.45, 2.75) is 64.9 Å². The van der Waals surface area contributed by atoms with Gasteiger partial charge in [0.05, 0.1) is 6.10 Å². The lowest BCUT2D eigenvalue weighted by Crippen LogP contribution is -2.48. The molecule has 4 aliphatic carbocycles. The highest BCUT2D eigenvalue weighted by Crippen LogP contribution is 2.61. The molecule has 3 saturated carbocycles. The average Bonchev–Trinajstić information content (AvgIpc) is 2.74. The van der Waals surface area contributed by atoms with E-state index in [4.69, 9.17) is 0 Å². The number of hydrogen-bond donors (Lipinski definition) is 1. The second kappa shape index (κ2) is 4.60. The van der Waals surface area contributed by atoms with E-state index in [0.717, 1.165) is 41.9 Å². The van der Waals surface area contributed by atoms with E-state index in [2.05, 4.69) is 26.0 Å². The van der Waals surface area contributed by atoms with Crippen molar-refractivity contribution >= 4 is 0 Å². The Morgan fingerprint density at radius 2 is 1.85 bits per heavy atom. The summed E-state index contributed by atoms with van der Waals surface area (Å²) in [7, 11) is 0. The van der Waals surface area contributed by atoms with Gasteiger partial charge in [0, 0.05) is 0 Å². The van der Waals surface area contributed by atoms with E-state index in [1.165, 1.54) is 38.5 Å². The summed E-state index contributed by atoms with van der Waals surface area (Å²) in [5.74, 6) is 5.28. The molecule has 0 saturated heterocycles. The molecule has 4 aliphatic rings. The minimum absolute atomic E-state index is 0.0203. The van der Waals surface area contributed by atoms with E-state index in [1.54, 1.807) is 0 Å². The van der Waals surface area contributed by atoms with Crippen LogP contribution in [0.4, 0.5) is 0 Å². The Kier molecular flexibility index (Phi) is 3.07. The van der Waals surface area contributed by atoms with Crippen LogP contribution in [0.5, 0.6) is 0 Å². The first-order chi connectivity index (χ1) is 9.59. The van der Waals surface area contributed by atoms with Crippen LogP contribution in [0, 0.1) is 40.9 Å². The number of fused-ring (bicyclic) bond motifs is 5. The standard InChI is InChI=1S/C19H30O/c1-12-3-5-14-13(11-12)4-6-16-15(14)9-10-19(2)17(16)7-8-18(19)20/h3,5,12-18,20H,4,6-11H2,1-2H3. The number of allylic oxidation sites excluding steroid dienone is 2. The van der Waals surface area contributed by atoms with Crippen LogP contribution in [0.2, 0.25) is 0 Å². The summed E-state index contributed by atoms with van der Waals surface area (Å²) in [5, 5.41) is 10.4. The molecular formula is C19H30O. The predicted octanol–water partition coefficient (Wildman–Crippen LogP) is 4.41. The summed E-state index contributed by atoms with van der Waals surface area (Å²) in [6, 6.07) is 0. The van der Waals surface area contributed by atoms with Crippen molar-refractivity contribution in [3.05, 3.63) is 12.2 Å². The molecule has 0 amide bonds. The van der Waals surface area contributed by atoms with Crippen LogP contribution in [0.15, 0.2) is 12.2 Å². The zero-order valence-corrected chi connectivity index (χ0v) is 13.1. The van der Waals surface area contributed by atoms with Gasteiger partial charge >= 0.3 is 0 Å². The van der Waals surface area contributed by atoms with Crippen LogP contribution in [-0.4, -0.2) is 11.2 Å². The molecule has 8 unspecified atom stereocenters. The van der Waals surface area contributed by atoms with Gasteiger partial charge in [-0.2, -0.15) is 0 Å². The number of hydrogen-bond acceptors (Lipinski definition) is 1. The Balaban J connectivity index is 1.61. The smallest absolute Gasteiger partial charge is 0.0596 e. The second-order valence-corrected chi connectivity index (χ2v) is 8.58. The van der Waals surface area contributed by atoms with Gasteiger partial charge in [-0.15, -0.1) is 0 Å². The van der Waals surface area contributed by atoms with Gasteiger partial charge in [-0.05, 0) is 85.9 Å². The van der Waals surface area contributed by atoms with Crippen molar-refractivity contribution in [3.63, 3.8) is 0 Å². The summed E-state index contributed by atoms with van der Waals surface area (Å²) in [4.78, 5) is 0. The maximum Gasteiger partial charge on any atom is 0.0596 e. The maximum atomic E-state index is 10.4. The second-order valence-electron chi connectivity index (χ2n) is 8.58. The van der Waals surface area contributed by atoms with Crippen molar-refractivity contribution in [1.29, 1.82) is 0 Å². The lowest BCUT2D eigenvalue weighted by molar-refractivity contribution is -0.0680. The average molecular weight is 274 g/mol. The molecule has 0 aliphatic heterocycles. The van der Waals surface area contributed by atoms with E-state index in [-0.39, 0.29) is 11.5 Å². The Hall–Kier alpha value is -0.300. The van der Waals surface area contributed by atoms with Crippen molar-refractivity contribution in [2.24, 2.45) is 40.9 Å². The largest absolute Gasteiger partial charge is 0.393 e. The quantitative estimate of drug-likeness (QED) is 0.649. The van der Waals surface area contributed by atoms with Gasteiger partial charge in [-0.1, -0.05) is 26.0 Å². The highest BCUT2D eigenvalue weighted by molar-refractivity contribution is 5.11. The molecule has 0 heterocycles. The topological polar surface area (TPSA) is 20.2 Å². The summed E-state index contributed by atoms with van der Waals surface area (Å²) >= 11 is 0. The lowest BCUT2D eigenvalue weighted by Gasteiger charge is -2.54. The molecule has 1 N–H and O–H groups in total. The van der Waals surface area contributed by atoms with Gasteiger partial charge in [0.1, 0.15) is 0 Å². The van der Waals surface area contributed by atoms with Crippen molar-refractivity contribution < 1.29 is 5.11 Å². The Morgan fingerprint density at radius 1 is 1.00 bits per heavy atom. The molecule has 0 aromatic carbocycles. The molecule has 0 radical (unpaired) electrons. The fourth-order valence-electron chi connectivity index (χ4n) is 6.58. The highest BCUT2D eigenvalue weighted by atomic mass is 16.3. The first kappa shape index (κ1) is 13.4. The number of aliphatic hydroxyl groups excluding tert-OH is 1. The summed E-state index contributed by atoms with van der Waals surface area (Å²) in [6.07, 6.45) is 14.4. The Morgan fingerprint density at radius 3 is 2.70 bits per heavy atom. The SMILES string of the molecule is CC1C=CC2C(CCC3C2CCC2(C)C(O)CCC32)C1. The van der Waals surface area contributed by atoms with Crippen LogP contribution in [0.3, 0.4) is 0 Å². The zero-order chi connectivity index (χ0) is 13.9. The summed E-state index contributed by atoms with van der Waals surface area (Å²) < 4.78 is 0. The van der Waals surface area contributed by atoms with E-state index in [1.807, 2.05) is 0 Å². The minimum atomic E-state index is -0.0203. The molecule has 0 spiro atoms. The van der Waals surface area contributed by atoms with Gasteiger partial charge in [-0.25, -0.2) is 0 Å². The van der Waals surface area contributed by atoms with Crippen molar-refractivity contribution in [3.8, 4) is 0 Å². The Bertz CT molecular complexity index is 414. The molecule has 0 aromatic heterocycles. The molecule has 1 nitrogen and oxygen atoms in total. The van der Waals surface area contributed by atoms with Gasteiger partial charge in [0.2, 0.25) is 0 Å². The van der Waals surface area contributed by atoms with Crippen molar-refractivity contribution in [1.82, 2.24) is 0 Å². The first-order valence-electron chi connectivity index (χ1n) is 8.96. The van der Waals surface area contributed by atoms with Crippen LogP contribution in [0.25, 0.3) is 0 Å². The minimum Gasteiger partial charge on any atom is -0.393 e. The molecule has 1 heteroatoms. The number of rotatable bonds is 0. The molecule has 3 fully saturated rings. The lowest BCUT2D eigenvalue weighted by atomic mass is 9.51. The summed E-state index contributed by atoms with van der Waals surface area (Å²) in [5.41, 5.74) is 0.250. The monoisotopic (exact) mass is 274 g/mol. The molecule has 20 heavy (non-hydrogen) atoms. The van der Waals surface area contributed by atoms with E-state index >= 15 is 0 Å². The summed E-state index contributed by atoms with van der Waals surface area (Å²) in [6.45, 7) is 4.76. The fourth-order valence-corrected chi connectivity index (χ4v) is 6.58. The van der Waals surface area contributed by atoms with Crippen LogP contribution in [0.1, 0.15) is 58.8 Å². The molecule has 4 rings (SSSR count). The van der Waals surface area contributed by atoms with E-state index in [9.17, 15) is 5.11 Å². The maximum absolute atomic E-state index is 10.4. The van der Waals surface area contributed by atoms with Gasteiger partial charge < -0.3 is 5.11 Å². The Labute approximate surface area is 123 Å². The molecular weight excluding hydrogens is 244 g/mol. The van der Waals surface area contributed by atoms with Crippen LogP contribution >= 0.6 is 0 Å². The molecule has 8 atom stereocenters. The molecule has 112 valence electrons. The molecule has 0 aromatic rings. The zero-order valence-electron chi connectivity index (χ0n) is 13.1. The first-order valence-corrected chi connectivity index (χ1v) is 8.96. The highest BCUT2D eigenvalue weighted by Gasteiger charge is 2.56. The number of aliphatic hydroxyl groups is 1. The van der Waals surface area contributed by atoms with Gasteiger partial charge in [0.25, 0.3) is 0 Å². The van der Waals surface area contributed by atoms with Gasteiger partial charge in [-0.3, -0.25) is 0 Å². The third-order valence-electron chi connectivity index (χ3n) is 7.69. The van der Waals surface area contributed by atoms with Gasteiger partial charge in [0.15, 0.2) is 0 Å². The van der Waals surface area contributed by atoms with E-state index in [0.29, 0.717) is 0 Å². The fraction of sp³-hybridized carbons (Fsp3) is 0.895. The van der Waals surface area contributed by atoms with Crippen molar-refractivity contribution in [2.75, 3.05) is 0 Å². The van der Waals surface area contributed by atoms with Crippen LogP contribution in [-0.2, 0) is 0 Å². The molecule has 0 bridgehead atoms. The normalized spacial score (nSPS) is 57.9.